The van der Waals surface area contributed by atoms with E-state index >= 15 is 0 Å². The van der Waals surface area contributed by atoms with Gasteiger partial charge in [-0.3, -0.25) is 0 Å². The van der Waals surface area contributed by atoms with Crippen LogP contribution in [0.5, 0.6) is 0 Å². The third-order valence-electron chi connectivity index (χ3n) is 7.66. The van der Waals surface area contributed by atoms with Crippen molar-refractivity contribution in [2.75, 3.05) is 0 Å². The Hall–Kier alpha value is -5.00. The van der Waals surface area contributed by atoms with E-state index in [4.69, 9.17) is 19.4 Å². The van der Waals surface area contributed by atoms with Gasteiger partial charge < -0.3 is 19.4 Å². The normalized spacial score (nSPS) is 14.2. The lowest BCUT2D eigenvalue weighted by Gasteiger charge is -2.33. The third kappa shape index (κ3) is 9.05. The molecule has 1 aliphatic rings. The van der Waals surface area contributed by atoms with Crippen molar-refractivity contribution in [1.29, 1.82) is 0 Å². The molecule has 0 radical (unpaired) electrons. The van der Waals surface area contributed by atoms with Gasteiger partial charge in [0.2, 0.25) is 0 Å². The van der Waals surface area contributed by atoms with Gasteiger partial charge in [-0.25, -0.2) is 19.2 Å². The van der Waals surface area contributed by atoms with Crippen molar-refractivity contribution in [3.8, 4) is 11.1 Å². The topological polar surface area (TPSA) is 155 Å². The first-order chi connectivity index (χ1) is 22.3. The summed E-state index contributed by atoms with van der Waals surface area (Å²) >= 11 is 0. The van der Waals surface area contributed by atoms with E-state index in [-0.39, 0.29) is 22.8 Å². The maximum Gasteiger partial charge on any atom is 0.332 e. The molecule has 0 fully saturated rings. The maximum atomic E-state index is 11.7. The second-order valence-electron chi connectivity index (χ2n) is 11.4. The van der Waals surface area contributed by atoms with Crippen LogP contribution in [0.4, 0.5) is 0 Å². The molecule has 250 valence electrons. The Kier molecular flexibility index (Phi) is 12.8. The van der Waals surface area contributed by atoms with Crippen LogP contribution in [0.1, 0.15) is 116 Å². The van der Waals surface area contributed by atoms with E-state index in [2.05, 4.69) is 34.5 Å². The van der Waals surface area contributed by atoms with Crippen LogP contribution in [0, 0.1) is 0 Å². The van der Waals surface area contributed by atoms with Crippen LogP contribution < -0.4 is 0 Å². The maximum absolute atomic E-state index is 11.7. The number of nitrogens with zero attached hydrogens (tertiary/aromatic N) is 4. The molecule has 47 heavy (non-hydrogen) atoms. The van der Waals surface area contributed by atoms with Gasteiger partial charge >= 0.3 is 23.9 Å². The van der Waals surface area contributed by atoms with Crippen molar-refractivity contribution < 1.29 is 38.5 Å². The van der Waals surface area contributed by atoms with Crippen LogP contribution in [0.25, 0.3) is 11.1 Å². The highest BCUT2D eigenvalue weighted by Crippen LogP contribution is 2.54. The molecule has 0 aliphatic heterocycles. The zero-order valence-corrected chi connectivity index (χ0v) is 28.3. The quantitative estimate of drug-likeness (QED) is 0.124. The number of carbonyl (C=O) groups excluding carboxylic acids is 4. The van der Waals surface area contributed by atoms with E-state index in [9.17, 15) is 19.2 Å². The summed E-state index contributed by atoms with van der Waals surface area (Å²) in [6, 6.07) is 11.8. The van der Waals surface area contributed by atoms with Crippen LogP contribution in [-0.4, -0.2) is 46.7 Å². The van der Waals surface area contributed by atoms with Gasteiger partial charge in [0.15, 0.2) is 0 Å². The standard InChI is InChI=1S/C35H42N4O8/c1-9-11-17-35(18-12-10-2)31-19-27(33(38-46-25(7)42)21(3)36-44-23(5)40)13-15-29(31)30-16-14-28(20-32(30)35)34(39-47-26(8)43)22(4)37-45-24(6)41/h13-16,19-20H,9-12,17-18H2,1-8H3/b36-21+,37-22+,38-33+,39-34+. The lowest BCUT2D eigenvalue weighted by Crippen LogP contribution is -2.27. The molecule has 0 amide bonds. The van der Waals surface area contributed by atoms with Gasteiger partial charge in [0, 0.05) is 44.2 Å². The van der Waals surface area contributed by atoms with Gasteiger partial charge in [0.1, 0.15) is 22.8 Å². The highest BCUT2D eigenvalue weighted by atomic mass is 16.7. The number of carbonyl (C=O) groups is 4. The highest BCUT2D eigenvalue weighted by Gasteiger charge is 2.43. The first kappa shape index (κ1) is 36.5. The Balaban J connectivity index is 2.32. The minimum atomic E-state index is -0.608. The van der Waals surface area contributed by atoms with E-state index in [0.717, 1.165) is 60.8 Å². The Labute approximate surface area is 274 Å². The van der Waals surface area contributed by atoms with Crippen LogP contribution in [-0.2, 0) is 43.9 Å². The molecule has 0 bridgehead atoms. The van der Waals surface area contributed by atoms with Crippen LogP contribution >= 0.6 is 0 Å². The molecule has 0 atom stereocenters. The summed E-state index contributed by atoms with van der Waals surface area (Å²) in [6.07, 6.45) is 5.51. The summed E-state index contributed by atoms with van der Waals surface area (Å²) in [5.74, 6) is -2.41. The average Bonchev–Trinajstić information content (AvgIpc) is 3.29. The molecule has 0 aromatic heterocycles. The van der Waals surface area contributed by atoms with Crippen molar-refractivity contribution in [3.05, 3.63) is 58.7 Å². The van der Waals surface area contributed by atoms with Gasteiger partial charge in [-0.05, 0) is 61.1 Å². The largest absolute Gasteiger partial charge is 0.332 e. The number of oxime groups is 4. The average molecular weight is 647 g/mol. The number of rotatable bonds is 14. The second kappa shape index (κ2) is 16.5. The molecule has 0 unspecified atom stereocenters. The van der Waals surface area contributed by atoms with Crippen molar-refractivity contribution in [2.45, 2.75) is 99.3 Å². The zero-order valence-electron chi connectivity index (χ0n) is 28.3. The molecular formula is C35H42N4O8. The molecular weight excluding hydrogens is 604 g/mol. The van der Waals surface area contributed by atoms with E-state index in [1.165, 1.54) is 27.7 Å². The van der Waals surface area contributed by atoms with Gasteiger partial charge in [-0.2, -0.15) is 0 Å². The Morgan fingerprint density at radius 3 is 1.21 bits per heavy atom. The van der Waals surface area contributed by atoms with Crippen molar-refractivity contribution >= 4 is 46.7 Å². The fourth-order valence-corrected chi connectivity index (χ4v) is 5.64. The fourth-order valence-electron chi connectivity index (χ4n) is 5.64. The summed E-state index contributed by atoms with van der Waals surface area (Å²) in [6.45, 7) is 12.5. The molecule has 1 aliphatic carbocycles. The smallest absolute Gasteiger partial charge is 0.318 e. The minimum absolute atomic E-state index is 0.244. The van der Waals surface area contributed by atoms with E-state index < -0.39 is 29.3 Å². The molecule has 2 aromatic rings. The molecule has 0 saturated carbocycles. The Morgan fingerprint density at radius 2 is 0.894 bits per heavy atom. The summed E-state index contributed by atoms with van der Waals surface area (Å²) in [7, 11) is 0. The second-order valence-corrected chi connectivity index (χ2v) is 11.4. The first-order valence-corrected chi connectivity index (χ1v) is 15.6. The SMILES string of the molecule is CCCCC1(CCCC)c2cc(C(=N/OC(C)=O)/C(C)=N/OC(C)=O)ccc2-c2ccc(C(=N/OC(C)=O)/C(C)=N/OC(C)=O)cc21. The molecule has 0 spiro atoms. The lowest BCUT2D eigenvalue weighted by molar-refractivity contribution is -0.142. The number of fused-ring (bicyclic) bond motifs is 3. The molecule has 0 saturated heterocycles. The third-order valence-corrected chi connectivity index (χ3v) is 7.66. The van der Waals surface area contributed by atoms with E-state index in [1.807, 2.05) is 36.4 Å². The van der Waals surface area contributed by atoms with Crippen LogP contribution in [0.15, 0.2) is 57.0 Å². The molecule has 12 nitrogen and oxygen atoms in total. The number of hydrogen-bond donors (Lipinski definition) is 0. The lowest BCUT2D eigenvalue weighted by atomic mass is 9.70. The summed E-state index contributed by atoms with van der Waals surface area (Å²) < 4.78 is 0. The Bertz CT molecular complexity index is 1530. The van der Waals surface area contributed by atoms with Gasteiger partial charge in [0.05, 0.1) is 0 Å². The van der Waals surface area contributed by atoms with Crippen LogP contribution in [0.2, 0.25) is 0 Å². The van der Waals surface area contributed by atoms with Gasteiger partial charge in [-0.1, -0.05) is 84.4 Å². The molecule has 2 aromatic carbocycles. The van der Waals surface area contributed by atoms with Crippen molar-refractivity contribution in [1.82, 2.24) is 0 Å². The predicted octanol–water partition coefficient (Wildman–Crippen LogP) is 6.75. The fraction of sp³-hybridized carbons (Fsp3) is 0.429. The number of unbranched alkanes of at least 4 members (excludes halogenated alkanes) is 2. The van der Waals surface area contributed by atoms with Crippen LogP contribution in [0.3, 0.4) is 0 Å². The minimum Gasteiger partial charge on any atom is -0.318 e. The summed E-state index contributed by atoms with van der Waals surface area (Å²) in [5.41, 5.74) is 6.04. The van der Waals surface area contributed by atoms with Crippen molar-refractivity contribution in [3.63, 3.8) is 0 Å². The summed E-state index contributed by atoms with van der Waals surface area (Å²) in [5, 5.41) is 16.0. The highest BCUT2D eigenvalue weighted by molar-refractivity contribution is 6.48. The number of benzene rings is 2. The Morgan fingerprint density at radius 1 is 0.553 bits per heavy atom. The molecule has 0 N–H and O–H groups in total. The summed E-state index contributed by atoms with van der Waals surface area (Å²) in [4.78, 5) is 66.2. The zero-order chi connectivity index (χ0) is 34.7. The molecule has 12 heteroatoms. The van der Waals surface area contributed by atoms with Gasteiger partial charge in [0.25, 0.3) is 0 Å². The van der Waals surface area contributed by atoms with E-state index in [1.54, 1.807) is 13.8 Å². The van der Waals surface area contributed by atoms with Gasteiger partial charge in [-0.15, -0.1) is 0 Å². The first-order valence-electron chi connectivity index (χ1n) is 15.6. The predicted molar refractivity (Wildman–Crippen MR) is 178 cm³/mol. The van der Waals surface area contributed by atoms with Crippen molar-refractivity contribution in [2.24, 2.45) is 20.6 Å². The molecule has 0 heterocycles. The van der Waals surface area contributed by atoms with E-state index in [0.29, 0.717) is 11.1 Å². The monoisotopic (exact) mass is 646 g/mol. The molecule has 3 rings (SSSR count). The number of hydrogen-bond acceptors (Lipinski definition) is 12.